The molecule has 0 amide bonds. The van der Waals surface area contributed by atoms with E-state index in [-0.39, 0.29) is 0 Å². The van der Waals surface area contributed by atoms with Crippen molar-refractivity contribution in [2.75, 3.05) is 20.2 Å². The van der Waals surface area contributed by atoms with Crippen LogP contribution in [-0.2, 0) is 19.5 Å². The maximum Gasteiger partial charge on any atom is 0.191 e. The van der Waals surface area contributed by atoms with E-state index in [0.29, 0.717) is 13.2 Å². The van der Waals surface area contributed by atoms with Crippen molar-refractivity contribution in [3.8, 4) is 5.75 Å². The zero-order valence-electron chi connectivity index (χ0n) is 17.1. The smallest absolute Gasteiger partial charge is 0.191 e. The van der Waals surface area contributed by atoms with Crippen LogP contribution >= 0.6 is 0 Å². The quantitative estimate of drug-likeness (QED) is 0.434. The van der Waals surface area contributed by atoms with Gasteiger partial charge in [-0.1, -0.05) is 42.5 Å². The third-order valence-electron chi connectivity index (χ3n) is 4.64. The Morgan fingerprint density at radius 1 is 1.00 bits per heavy atom. The predicted octanol–water partition coefficient (Wildman–Crippen LogP) is 3.24. The normalized spacial score (nSPS) is 11.3. The fourth-order valence-corrected chi connectivity index (χ4v) is 3.17. The van der Waals surface area contributed by atoms with E-state index >= 15 is 0 Å². The van der Waals surface area contributed by atoms with E-state index in [1.54, 1.807) is 13.2 Å². The summed E-state index contributed by atoms with van der Waals surface area (Å²) in [7, 11) is 1.79. The number of ether oxygens (including phenoxy) is 1. The maximum atomic E-state index is 5.70. The summed E-state index contributed by atoms with van der Waals surface area (Å²) >= 11 is 0. The highest BCUT2D eigenvalue weighted by atomic mass is 16.5. The minimum absolute atomic E-state index is 0.672. The molecule has 0 aliphatic rings. The number of aliphatic imine (C=N–C) groups is 1. The molecule has 3 aromatic rings. The van der Waals surface area contributed by atoms with E-state index in [2.05, 4.69) is 51.1 Å². The second-order valence-electron chi connectivity index (χ2n) is 6.62. The molecule has 0 saturated carbocycles. The van der Waals surface area contributed by atoms with Crippen LogP contribution in [0.5, 0.6) is 5.75 Å². The van der Waals surface area contributed by atoms with Gasteiger partial charge in [0.05, 0.1) is 13.2 Å². The first kappa shape index (κ1) is 20.5. The van der Waals surface area contributed by atoms with Gasteiger partial charge in [-0.15, -0.1) is 0 Å². The number of benzene rings is 2. The van der Waals surface area contributed by atoms with Gasteiger partial charge in [0.15, 0.2) is 5.96 Å². The molecule has 1 heterocycles. The lowest BCUT2D eigenvalue weighted by molar-refractivity contribution is 0.336. The molecule has 2 aromatic carbocycles. The summed E-state index contributed by atoms with van der Waals surface area (Å²) in [6.07, 6.45) is 4.65. The highest BCUT2D eigenvalue weighted by molar-refractivity contribution is 5.79. The first-order valence-corrected chi connectivity index (χ1v) is 9.99. The molecule has 0 atom stereocenters. The SMILES string of the molecule is CCOc1ccccc1CCNC(=NC)NCc1ccccc1Cn1cccn1. The molecule has 152 valence electrons. The zero-order valence-corrected chi connectivity index (χ0v) is 17.1. The van der Waals surface area contributed by atoms with Crippen LogP contribution in [-0.4, -0.2) is 35.9 Å². The second kappa shape index (κ2) is 10.9. The van der Waals surface area contributed by atoms with Crippen LogP contribution < -0.4 is 15.4 Å². The van der Waals surface area contributed by atoms with E-state index in [1.165, 1.54) is 16.7 Å². The van der Waals surface area contributed by atoms with E-state index in [0.717, 1.165) is 31.2 Å². The van der Waals surface area contributed by atoms with Crippen molar-refractivity contribution in [1.82, 2.24) is 20.4 Å². The molecule has 2 N–H and O–H groups in total. The van der Waals surface area contributed by atoms with Crippen LogP contribution in [0.3, 0.4) is 0 Å². The number of hydrogen-bond donors (Lipinski definition) is 2. The molecule has 0 saturated heterocycles. The maximum absolute atomic E-state index is 5.70. The van der Waals surface area contributed by atoms with Gasteiger partial charge in [0.1, 0.15) is 5.75 Å². The lowest BCUT2D eigenvalue weighted by Gasteiger charge is -2.15. The first-order valence-electron chi connectivity index (χ1n) is 9.99. The van der Waals surface area contributed by atoms with Gasteiger partial charge in [-0.3, -0.25) is 9.67 Å². The highest BCUT2D eigenvalue weighted by Crippen LogP contribution is 2.18. The van der Waals surface area contributed by atoms with Crippen LogP contribution in [0.15, 0.2) is 72.0 Å². The first-order chi connectivity index (χ1) is 14.3. The van der Waals surface area contributed by atoms with Crippen molar-refractivity contribution in [3.63, 3.8) is 0 Å². The third-order valence-corrected chi connectivity index (χ3v) is 4.64. The fraction of sp³-hybridized carbons (Fsp3) is 0.304. The van der Waals surface area contributed by atoms with E-state index < -0.39 is 0 Å². The summed E-state index contributed by atoms with van der Waals surface area (Å²) in [5.41, 5.74) is 3.67. The molecule has 6 nitrogen and oxygen atoms in total. The Morgan fingerprint density at radius 3 is 2.48 bits per heavy atom. The number of hydrogen-bond acceptors (Lipinski definition) is 3. The van der Waals surface area contributed by atoms with Gasteiger partial charge in [0.25, 0.3) is 0 Å². The summed E-state index contributed by atoms with van der Waals surface area (Å²) in [5.74, 6) is 1.74. The largest absolute Gasteiger partial charge is 0.494 e. The minimum atomic E-state index is 0.672. The van der Waals surface area contributed by atoms with Crippen molar-refractivity contribution >= 4 is 5.96 Å². The van der Waals surface area contributed by atoms with Crippen LogP contribution in [0.4, 0.5) is 0 Å². The summed E-state index contributed by atoms with van der Waals surface area (Å²) in [6, 6.07) is 18.5. The Hall–Kier alpha value is -3.28. The number of guanidine groups is 1. The molecule has 0 spiro atoms. The fourth-order valence-electron chi connectivity index (χ4n) is 3.17. The number of aromatic nitrogens is 2. The van der Waals surface area contributed by atoms with Gasteiger partial charge in [0, 0.05) is 32.5 Å². The van der Waals surface area contributed by atoms with Crippen molar-refractivity contribution in [2.45, 2.75) is 26.4 Å². The standard InChI is InChI=1S/C23H29N5O/c1-3-29-22-12-7-6-9-19(22)13-15-25-23(24-2)26-17-20-10-4-5-11-21(20)18-28-16-8-14-27-28/h4-12,14,16H,3,13,15,17-18H2,1-2H3,(H2,24,25,26). The summed E-state index contributed by atoms with van der Waals surface area (Å²) in [5, 5.41) is 11.1. The molecule has 0 aliphatic heterocycles. The second-order valence-corrected chi connectivity index (χ2v) is 6.62. The molecule has 0 bridgehead atoms. The molecule has 29 heavy (non-hydrogen) atoms. The number of nitrogens with zero attached hydrogens (tertiary/aromatic N) is 3. The topological polar surface area (TPSA) is 63.5 Å². The van der Waals surface area contributed by atoms with Crippen LogP contribution in [0, 0.1) is 0 Å². The number of nitrogens with one attached hydrogen (secondary N) is 2. The van der Waals surface area contributed by atoms with Gasteiger partial charge in [-0.2, -0.15) is 5.10 Å². The van der Waals surface area contributed by atoms with Gasteiger partial charge in [-0.25, -0.2) is 0 Å². The highest BCUT2D eigenvalue weighted by Gasteiger charge is 2.06. The molecule has 0 fully saturated rings. The van der Waals surface area contributed by atoms with Gasteiger partial charge >= 0.3 is 0 Å². The molecule has 1 aromatic heterocycles. The minimum Gasteiger partial charge on any atom is -0.494 e. The monoisotopic (exact) mass is 391 g/mol. The Labute approximate surface area is 172 Å². The number of para-hydroxylation sites is 1. The average molecular weight is 392 g/mol. The Kier molecular flexibility index (Phi) is 7.69. The van der Waals surface area contributed by atoms with Crippen molar-refractivity contribution in [1.29, 1.82) is 0 Å². The van der Waals surface area contributed by atoms with Gasteiger partial charge < -0.3 is 15.4 Å². The molecule has 0 radical (unpaired) electrons. The van der Waals surface area contributed by atoms with Crippen molar-refractivity contribution in [2.24, 2.45) is 4.99 Å². The molecular formula is C23H29N5O. The lowest BCUT2D eigenvalue weighted by atomic mass is 10.1. The Bertz CT molecular complexity index is 905. The van der Waals surface area contributed by atoms with E-state index in [4.69, 9.17) is 4.74 Å². The molecule has 3 rings (SSSR count). The van der Waals surface area contributed by atoms with Crippen LogP contribution in [0.1, 0.15) is 23.6 Å². The Balaban J connectivity index is 1.53. The zero-order chi connectivity index (χ0) is 20.3. The molecule has 0 unspecified atom stereocenters. The molecular weight excluding hydrogens is 362 g/mol. The van der Waals surface area contributed by atoms with Gasteiger partial charge in [-0.05, 0) is 42.2 Å². The summed E-state index contributed by atoms with van der Waals surface area (Å²) in [4.78, 5) is 4.34. The van der Waals surface area contributed by atoms with Crippen molar-refractivity contribution < 1.29 is 4.74 Å². The molecule has 6 heteroatoms. The van der Waals surface area contributed by atoms with E-state index in [1.807, 2.05) is 42.1 Å². The Morgan fingerprint density at radius 2 is 1.76 bits per heavy atom. The predicted molar refractivity (Wildman–Crippen MR) is 117 cm³/mol. The lowest BCUT2D eigenvalue weighted by Crippen LogP contribution is -2.38. The summed E-state index contributed by atoms with van der Waals surface area (Å²) in [6.45, 7) is 4.91. The average Bonchev–Trinajstić information content (AvgIpc) is 3.26. The third kappa shape index (κ3) is 6.10. The van der Waals surface area contributed by atoms with E-state index in [9.17, 15) is 0 Å². The van der Waals surface area contributed by atoms with Gasteiger partial charge in [0.2, 0.25) is 0 Å². The number of rotatable bonds is 9. The van der Waals surface area contributed by atoms with Crippen LogP contribution in [0.25, 0.3) is 0 Å². The summed E-state index contributed by atoms with van der Waals surface area (Å²) < 4.78 is 7.63. The van der Waals surface area contributed by atoms with Crippen molar-refractivity contribution in [3.05, 3.63) is 83.7 Å². The van der Waals surface area contributed by atoms with Crippen LogP contribution in [0.2, 0.25) is 0 Å². The molecule has 0 aliphatic carbocycles.